The first-order valence-electron chi connectivity index (χ1n) is 7.65. The predicted octanol–water partition coefficient (Wildman–Crippen LogP) is 3.21. The standard InChI is InChI=1S/C16H27N3/c1-4-9-17-12-14-7-5-10-18-16(14)19-11-6-8-15(19)13(2)3/h5,7,10,13,15,17H,4,6,8-9,11-12H2,1-3H3. The Morgan fingerprint density at radius 2 is 2.32 bits per heavy atom. The Kier molecular flexibility index (Phi) is 5.20. The van der Waals surface area contributed by atoms with Gasteiger partial charge in [-0.1, -0.05) is 26.8 Å². The first-order valence-corrected chi connectivity index (χ1v) is 7.65. The molecule has 3 heteroatoms. The highest BCUT2D eigenvalue weighted by molar-refractivity contribution is 5.48. The zero-order valence-corrected chi connectivity index (χ0v) is 12.5. The summed E-state index contributed by atoms with van der Waals surface area (Å²) in [6, 6.07) is 4.91. The van der Waals surface area contributed by atoms with E-state index in [0.29, 0.717) is 12.0 Å². The number of anilines is 1. The Hall–Kier alpha value is -1.09. The Bertz CT molecular complexity index is 389. The van der Waals surface area contributed by atoms with E-state index in [1.165, 1.54) is 30.6 Å². The molecule has 1 aromatic heterocycles. The normalized spacial score (nSPS) is 19.4. The number of hydrogen-bond acceptors (Lipinski definition) is 3. The third-order valence-electron chi connectivity index (χ3n) is 3.95. The molecule has 0 spiro atoms. The predicted molar refractivity (Wildman–Crippen MR) is 81.4 cm³/mol. The van der Waals surface area contributed by atoms with Gasteiger partial charge in [0.2, 0.25) is 0 Å². The van der Waals surface area contributed by atoms with E-state index in [9.17, 15) is 0 Å². The molecule has 106 valence electrons. The van der Waals surface area contributed by atoms with Crippen LogP contribution in [0.1, 0.15) is 45.6 Å². The molecular weight excluding hydrogens is 234 g/mol. The number of nitrogens with zero attached hydrogens (tertiary/aromatic N) is 2. The van der Waals surface area contributed by atoms with Crippen LogP contribution in [0.25, 0.3) is 0 Å². The number of rotatable bonds is 6. The van der Waals surface area contributed by atoms with Crippen LogP contribution in [-0.2, 0) is 6.54 Å². The minimum Gasteiger partial charge on any atom is -0.353 e. The van der Waals surface area contributed by atoms with Gasteiger partial charge in [-0.15, -0.1) is 0 Å². The van der Waals surface area contributed by atoms with Crippen molar-refractivity contribution in [3.63, 3.8) is 0 Å². The maximum Gasteiger partial charge on any atom is 0.133 e. The summed E-state index contributed by atoms with van der Waals surface area (Å²) in [5.41, 5.74) is 1.34. The number of pyridine rings is 1. The molecule has 2 heterocycles. The molecule has 0 amide bonds. The van der Waals surface area contributed by atoms with Crippen molar-refractivity contribution in [2.75, 3.05) is 18.0 Å². The molecule has 1 fully saturated rings. The highest BCUT2D eigenvalue weighted by atomic mass is 15.2. The van der Waals surface area contributed by atoms with Crippen LogP contribution in [-0.4, -0.2) is 24.1 Å². The van der Waals surface area contributed by atoms with Crippen LogP contribution < -0.4 is 10.2 Å². The van der Waals surface area contributed by atoms with Crippen molar-refractivity contribution in [1.82, 2.24) is 10.3 Å². The van der Waals surface area contributed by atoms with Crippen molar-refractivity contribution < 1.29 is 0 Å². The molecule has 2 rings (SSSR count). The second-order valence-corrected chi connectivity index (χ2v) is 5.81. The lowest BCUT2D eigenvalue weighted by atomic mass is 10.0. The lowest BCUT2D eigenvalue weighted by Crippen LogP contribution is -2.35. The van der Waals surface area contributed by atoms with Crippen LogP contribution in [0.15, 0.2) is 18.3 Å². The summed E-state index contributed by atoms with van der Waals surface area (Å²) in [6.07, 6.45) is 5.69. The van der Waals surface area contributed by atoms with Gasteiger partial charge in [-0.3, -0.25) is 0 Å². The first-order chi connectivity index (χ1) is 9.24. The lowest BCUT2D eigenvalue weighted by Gasteiger charge is -2.30. The maximum atomic E-state index is 4.66. The molecule has 1 N–H and O–H groups in total. The minimum absolute atomic E-state index is 0.653. The highest BCUT2D eigenvalue weighted by Gasteiger charge is 2.29. The average molecular weight is 261 g/mol. The Labute approximate surface area is 117 Å². The Morgan fingerprint density at radius 1 is 1.47 bits per heavy atom. The van der Waals surface area contributed by atoms with E-state index in [0.717, 1.165) is 19.6 Å². The molecule has 1 aliphatic rings. The largest absolute Gasteiger partial charge is 0.353 e. The van der Waals surface area contributed by atoms with Gasteiger partial charge in [0.1, 0.15) is 5.82 Å². The zero-order valence-electron chi connectivity index (χ0n) is 12.5. The van der Waals surface area contributed by atoms with Gasteiger partial charge >= 0.3 is 0 Å². The molecule has 0 aromatic carbocycles. The van der Waals surface area contributed by atoms with Crippen LogP contribution in [0, 0.1) is 5.92 Å². The summed E-state index contributed by atoms with van der Waals surface area (Å²) >= 11 is 0. The third-order valence-corrected chi connectivity index (χ3v) is 3.95. The zero-order chi connectivity index (χ0) is 13.7. The van der Waals surface area contributed by atoms with E-state index >= 15 is 0 Å². The Balaban J connectivity index is 2.14. The summed E-state index contributed by atoms with van der Waals surface area (Å²) in [6.45, 7) is 10.00. The topological polar surface area (TPSA) is 28.2 Å². The van der Waals surface area contributed by atoms with Gasteiger partial charge in [0.15, 0.2) is 0 Å². The summed E-state index contributed by atoms with van der Waals surface area (Å²) < 4.78 is 0. The fourth-order valence-electron chi connectivity index (χ4n) is 2.98. The van der Waals surface area contributed by atoms with E-state index in [1.807, 2.05) is 12.3 Å². The van der Waals surface area contributed by atoms with E-state index in [1.54, 1.807) is 0 Å². The molecule has 1 aliphatic heterocycles. The van der Waals surface area contributed by atoms with Crippen molar-refractivity contribution in [1.29, 1.82) is 0 Å². The fourth-order valence-corrected chi connectivity index (χ4v) is 2.98. The number of nitrogens with one attached hydrogen (secondary N) is 1. The first kappa shape index (κ1) is 14.3. The number of hydrogen-bond donors (Lipinski definition) is 1. The Morgan fingerprint density at radius 3 is 3.05 bits per heavy atom. The second-order valence-electron chi connectivity index (χ2n) is 5.81. The SMILES string of the molecule is CCCNCc1cccnc1N1CCCC1C(C)C. The maximum absolute atomic E-state index is 4.66. The highest BCUT2D eigenvalue weighted by Crippen LogP contribution is 2.30. The molecular formula is C16H27N3. The molecule has 1 atom stereocenters. The van der Waals surface area contributed by atoms with Crippen molar-refractivity contribution in [3.05, 3.63) is 23.9 Å². The molecule has 0 aliphatic carbocycles. The molecule has 3 nitrogen and oxygen atoms in total. The van der Waals surface area contributed by atoms with Crippen molar-refractivity contribution in [2.45, 2.75) is 52.6 Å². The summed E-state index contributed by atoms with van der Waals surface area (Å²) in [5, 5.41) is 3.49. The minimum atomic E-state index is 0.653. The van der Waals surface area contributed by atoms with Crippen molar-refractivity contribution >= 4 is 5.82 Å². The van der Waals surface area contributed by atoms with Crippen LogP contribution in [0.4, 0.5) is 5.82 Å². The fraction of sp³-hybridized carbons (Fsp3) is 0.688. The van der Waals surface area contributed by atoms with Gasteiger partial charge in [0, 0.05) is 30.9 Å². The molecule has 0 radical (unpaired) electrons. The third kappa shape index (κ3) is 3.47. The lowest BCUT2D eigenvalue weighted by molar-refractivity contribution is 0.488. The van der Waals surface area contributed by atoms with E-state index < -0.39 is 0 Å². The van der Waals surface area contributed by atoms with E-state index in [4.69, 9.17) is 0 Å². The molecule has 0 saturated carbocycles. The van der Waals surface area contributed by atoms with Crippen LogP contribution in [0.5, 0.6) is 0 Å². The molecule has 1 aromatic rings. The van der Waals surface area contributed by atoms with Gasteiger partial charge < -0.3 is 10.2 Å². The van der Waals surface area contributed by atoms with Gasteiger partial charge in [0.05, 0.1) is 0 Å². The van der Waals surface area contributed by atoms with Crippen molar-refractivity contribution in [3.8, 4) is 0 Å². The molecule has 19 heavy (non-hydrogen) atoms. The van der Waals surface area contributed by atoms with Gasteiger partial charge in [0.25, 0.3) is 0 Å². The smallest absolute Gasteiger partial charge is 0.133 e. The second kappa shape index (κ2) is 6.90. The summed E-state index contributed by atoms with van der Waals surface area (Å²) in [5.74, 6) is 1.89. The van der Waals surface area contributed by atoms with Crippen LogP contribution in [0.2, 0.25) is 0 Å². The number of aromatic nitrogens is 1. The van der Waals surface area contributed by atoms with Gasteiger partial charge in [-0.25, -0.2) is 4.98 Å². The monoisotopic (exact) mass is 261 g/mol. The molecule has 0 bridgehead atoms. The van der Waals surface area contributed by atoms with E-state index in [2.05, 4.69) is 42.0 Å². The quantitative estimate of drug-likeness (QED) is 0.797. The van der Waals surface area contributed by atoms with Gasteiger partial charge in [-0.2, -0.15) is 0 Å². The average Bonchev–Trinajstić information content (AvgIpc) is 2.89. The molecule has 1 unspecified atom stereocenters. The van der Waals surface area contributed by atoms with Crippen LogP contribution in [0.3, 0.4) is 0 Å². The summed E-state index contributed by atoms with van der Waals surface area (Å²) in [7, 11) is 0. The molecule has 1 saturated heterocycles. The summed E-state index contributed by atoms with van der Waals surface area (Å²) in [4.78, 5) is 7.18. The van der Waals surface area contributed by atoms with Crippen LogP contribution >= 0.6 is 0 Å². The van der Waals surface area contributed by atoms with E-state index in [-0.39, 0.29) is 0 Å². The van der Waals surface area contributed by atoms with Gasteiger partial charge in [-0.05, 0) is 37.8 Å². The van der Waals surface area contributed by atoms with Crippen molar-refractivity contribution in [2.24, 2.45) is 5.92 Å².